The first-order chi connectivity index (χ1) is 41.3. The van der Waals surface area contributed by atoms with Gasteiger partial charge in [0, 0.05) is 6.42 Å². The summed E-state index contributed by atoms with van der Waals surface area (Å²) in [6.07, 6.45) is 28.6. The molecule has 0 radical (unpaired) electrons. The summed E-state index contributed by atoms with van der Waals surface area (Å²) in [6.45, 7) is 1.70. The lowest BCUT2D eigenvalue weighted by atomic mass is 9.96. The lowest BCUT2D eigenvalue weighted by Crippen LogP contribution is -2.66. The van der Waals surface area contributed by atoms with Crippen molar-refractivity contribution in [1.82, 2.24) is 5.32 Å². The summed E-state index contributed by atoms with van der Waals surface area (Å²) in [5, 5.41) is 120. The summed E-state index contributed by atoms with van der Waals surface area (Å²) in [7, 11) is 0. The van der Waals surface area contributed by atoms with Crippen LogP contribution in [0.25, 0.3) is 0 Å². The number of carbonyl (C=O) groups excluding carboxylic acids is 1. The van der Waals surface area contributed by atoms with Crippen molar-refractivity contribution in [1.29, 1.82) is 0 Å². The van der Waals surface area contributed by atoms with Crippen LogP contribution in [-0.4, -0.2) is 193 Å². The van der Waals surface area contributed by atoms with Crippen molar-refractivity contribution in [3.63, 3.8) is 0 Å². The van der Waals surface area contributed by atoms with Gasteiger partial charge in [-0.3, -0.25) is 4.79 Å². The number of carbonyl (C=O) groups is 1. The van der Waals surface area contributed by atoms with E-state index in [1.165, 1.54) is 154 Å². The highest BCUT2D eigenvalue weighted by Crippen LogP contribution is 2.33. The van der Waals surface area contributed by atoms with Crippen LogP contribution < -0.4 is 5.32 Å². The summed E-state index contributed by atoms with van der Waals surface area (Å²) < 4.78 is 34.3. The molecule has 3 aliphatic heterocycles. The average molecular weight is 1220 g/mol. The average Bonchev–Trinajstić information content (AvgIpc) is 3.60. The molecule has 19 nitrogen and oxygen atoms in total. The highest BCUT2D eigenvalue weighted by Gasteiger charge is 2.53. The topological polar surface area (TPSA) is 307 Å². The molecule has 3 heterocycles. The molecule has 0 aliphatic carbocycles. The molecule has 12 N–H and O–H groups in total. The van der Waals surface area contributed by atoms with Gasteiger partial charge in [0.1, 0.15) is 73.2 Å². The van der Waals surface area contributed by atoms with E-state index in [1.54, 1.807) is 6.08 Å². The number of aliphatic hydroxyl groups excluding tert-OH is 11. The molecule has 0 saturated carbocycles. The van der Waals surface area contributed by atoms with Crippen LogP contribution in [0.3, 0.4) is 0 Å². The van der Waals surface area contributed by atoms with Crippen molar-refractivity contribution in [2.24, 2.45) is 0 Å². The minimum Gasteiger partial charge on any atom is -0.394 e. The Balaban J connectivity index is 1.44. The summed E-state index contributed by atoms with van der Waals surface area (Å²) in [4.78, 5) is 13.3. The van der Waals surface area contributed by atoms with Crippen LogP contribution in [0.1, 0.15) is 245 Å². The zero-order valence-corrected chi connectivity index (χ0v) is 52.3. The molecule has 17 atom stereocenters. The fraction of sp³-hybridized carbons (Fsp3) is 0.894. The Bertz CT molecular complexity index is 1690. The number of unbranched alkanes of at least 4 members (excludes halogenated alkanes) is 31. The standard InChI is InChI=1S/C66H121NO18/c1-3-5-7-9-11-13-15-17-18-19-20-21-22-23-24-25-26-27-28-29-30-32-33-35-37-39-41-43-50(71)49(67-54(72)44-42-40-38-36-34-31-16-14-12-10-8-6-4-2)48-80-64-60(78)57(75)62(52(46-69)82-64)85-66-61(79)58(76)63(53(47-70)83-66)84-65-59(77)56(74)55(73)51(45-68)81-65/h14,16,33,35,41,43,49-53,55-66,68-71,73-79H,3-13,15,17-32,34,36-40,42,44-48H2,1-2H3,(H,67,72)/b16-14-,35-33+,43-41+. The van der Waals surface area contributed by atoms with Gasteiger partial charge in [-0.05, 0) is 57.8 Å². The first kappa shape index (κ1) is 77.3. The van der Waals surface area contributed by atoms with E-state index in [0.717, 1.165) is 57.8 Å². The largest absolute Gasteiger partial charge is 0.394 e. The lowest BCUT2D eigenvalue weighted by molar-refractivity contribution is -0.379. The van der Waals surface area contributed by atoms with Gasteiger partial charge in [0.15, 0.2) is 18.9 Å². The smallest absolute Gasteiger partial charge is 0.220 e. The van der Waals surface area contributed by atoms with Crippen molar-refractivity contribution in [2.45, 2.75) is 349 Å². The maximum Gasteiger partial charge on any atom is 0.220 e. The highest BCUT2D eigenvalue weighted by atomic mass is 16.8. The molecule has 3 aliphatic rings. The Hall–Kier alpha value is -1.99. The number of ether oxygens (including phenoxy) is 6. The number of amides is 1. The van der Waals surface area contributed by atoms with E-state index in [9.17, 15) is 61.0 Å². The van der Waals surface area contributed by atoms with Crippen LogP contribution in [0.4, 0.5) is 0 Å². The molecule has 3 rings (SSSR count). The molecule has 0 aromatic rings. The second-order valence-corrected chi connectivity index (χ2v) is 24.3. The van der Waals surface area contributed by atoms with Crippen molar-refractivity contribution in [3.8, 4) is 0 Å². The van der Waals surface area contributed by atoms with E-state index in [0.29, 0.717) is 12.8 Å². The molecular formula is C66H121NO18. The highest BCUT2D eigenvalue weighted by molar-refractivity contribution is 5.76. The van der Waals surface area contributed by atoms with Gasteiger partial charge in [-0.25, -0.2) is 0 Å². The summed E-state index contributed by atoms with van der Waals surface area (Å²) in [5.74, 6) is -0.294. The van der Waals surface area contributed by atoms with E-state index in [2.05, 4.69) is 43.5 Å². The zero-order chi connectivity index (χ0) is 61.9. The normalized spacial score (nSPS) is 29.2. The number of hydrogen-bond acceptors (Lipinski definition) is 18. The third-order valence-corrected chi connectivity index (χ3v) is 16.9. The van der Waals surface area contributed by atoms with E-state index >= 15 is 0 Å². The predicted octanol–water partition coefficient (Wildman–Crippen LogP) is 8.05. The predicted molar refractivity (Wildman–Crippen MR) is 328 cm³/mol. The molecule has 0 aromatic heterocycles. The zero-order valence-electron chi connectivity index (χ0n) is 52.3. The SMILES string of the molecule is CCCCCC/C=C\CCCCCCCC(=O)NC(COC1OC(CO)C(OC2OC(CO)C(OC3OC(CO)C(O)C(O)C3O)C(O)C2O)C(O)C1O)C(O)/C=C/CC/C=C/CCCCCCCCCCCCCCCCCCCCCCC. The fourth-order valence-corrected chi connectivity index (χ4v) is 11.4. The second-order valence-electron chi connectivity index (χ2n) is 24.3. The monoisotopic (exact) mass is 1220 g/mol. The van der Waals surface area contributed by atoms with Crippen LogP contribution in [0.15, 0.2) is 36.5 Å². The maximum absolute atomic E-state index is 13.3. The fourth-order valence-electron chi connectivity index (χ4n) is 11.4. The third kappa shape index (κ3) is 31.5. The summed E-state index contributed by atoms with van der Waals surface area (Å²) in [6, 6.07) is -0.993. The molecule has 498 valence electrons. The molecule has 17 unspecified atom stereocenters. The van der Waals surface area contributed by atoms with Gasteiger partial charge in [-0.15, -0.1) is 0 Å². The van der Waals surface area contributed by atoms with E-state index in [4.69, 9.17) is 28.4 Å². The van der Waals surface area contributed by atoms with Crippen LogP contribution in [0.2, 0.25) is 0 Å². The van der Waals surface area contributed by atoms with E-state index < -0.39 is 124 Å². The van der Waals surface area contributed by atoms with Gasteiger partial charge >= 0.3 is 0 Å². The van der Waals surface area contributed by atoms with Crippen LogP contribution in [0, 0.1) is 0 Å². The van der Waals surface area contributed by atoms with Crippen molar-refractivity contribution >= 4 is 5.91 Å². The molecule has 1 amide bonds. The minimum atomic E-state index is -1.98. The molecule has 3 fully saturated rings. The van der Waals surface area contributed by atoms with Crippen LogP contribution in [0.5, 0.6) is 0 Å². The number of hydrogen-bond donors (Lipinski definition) is 12. The van der Waals surface area contributed by atoms with E-state index in [-0.39, 0.29) is 18.9 Å². The molecule has 0 aromatic carbocycles. The Morgan fingerprint density at radius 1 is 0.412 bits per heavy atom. The first-order valence-electron chi connectivity index (χ1n) is 33.7. The summed E-state index contributed by atoms with van der Waals surface area (Å²) >= 11 is 0. The van der Waals surface area contributed by atoms with Crippen LogP contribution >= 0.6 is 0 Å². The Morgan fingerprint density at radius 2 is 0.753 bits per heavy atom. The summed E-state index contributed by atoms with van der Waals surface area (Å²) in [5.41, 5.74) is 0. The van der Waals surface area contributed by atoms with Gasteiger partial charge in [-0.1, -0.05) is 217 Å². The number of nitrogens with one attached hydrogen (secondary N) is 1. The second kappa shape index (κ2) is 48.8. The quantitative estimate of drug-likeness (QED) is 0.0202. The van der Waals surface area contributed by atoms with Gasteiger partial charge < -0.3 is 89.9 Å². The minimum absolute atomic E-state index is 0.226. The Morgan fingerprint density at radius 3 is 1.19 bits per heavy atom. The molecule has 0 bridgehead atoms. The van der Waals surface area contributed by atoms with Crippen molar-refractivity contribution in [2.75, 3.05) is 26.4 Å². The molecule has 0 spiro atoms. The van der Waals surface area contributed by atoms with Gasteiger partial charge in [0.2, 0.25) is 5.91 Å². The van der Waals surface area contributed by atoms with Gasteiger partial charge in [-0.2, -0.15) is 0 Å². The number of rotatable bonds is 51. The lowest BCUT2D eigenvalue weighted by Gasteiger charge is -2.48. The Labute approximate surface area is 511 Å². The van der Waals surface area contributed by atoms with E-state index in [1.807, 2.05) is 6.08 Å². The van der Waals surface area contributed by atoms with Crippen molar-refractivity contribution < 1.29 is 89.4 Å². The third-order valence-electron chi connectivity index (χ3n) is 16.9. The maximum atomic E-state index is 13.3. The van der Waals surface area contributed by atoms with Gasteiger partial charge in [0.25, 0.3) is 0 Å². The van der Waals surface area contributed by atoms with Gasteiger partial charge in [0.05, 0.1) is 38.6 Å². The number of aliphatic hydroxyl groups is 11. The molecule has 19 heteroatoms. The molecular weight excluding hydrogens is 1090 g/mol. The Kier molecular flexibility index (Phi) is 44.4. The number of allylic oxidation sites excluding steroid dienone is 5. The molecule has 85 heavy (non-hydrogen) atoms. The van der Waals surface area contributed by atoms with Crippen LogP contribution in [-0.2, 0) is 33.2 Å². The molecule has 3 saturated heterocycles. The first-order valence-corrected chi connectivity index (χ1v) is 33.7. The van der Waals surface area contributed by atoms with Crippen molar-refractivity contribution in [3.05, 3.63) is 36.5 Å².